The SMILES string of the molecule is COC(=O)c1cc(C)c(C)c(OC)c1C. The van der Waals surface area contributed by atoms with Gasteiger partial charge in [0.1, 0.15) is 5.75 Å². The highest BCUT2D eigenvalue weighted by Crippen LogP contribution is 2.29. The fourth-order valence-electron chi connectivity index (χ4n) is 1.64. The maximum atomic E-state index is 11.5. The molecule has 0 fully saturated rings. The zero-order chi connectivity index (χ0) is 11.6. The lowest BCUT2D eigenvalue weighted by Crippen LogP contribution is -2.07. The van der Waals surface area contributed by atoms with Crippen molar-refractivity contribution in [1.82, 2.24) is 0 Å². The lowest BCUT2D eigenvalue weighted by atomic mass is 9.99. The quantitative estimate of drug-likeness (QED) is 0.700. The second kappa shape index (κ2) is 4.34. The van der Waals surface area contributed by atoms with E-state index in [1.54, 1.807) is 7.11 Å². The number of rotatable bonds is 2. The van der Waals surface area contributed by atoms with Crippen molar-refractivity contribution >= 4 is 5.97 Å². The smallest absolute Gasteiger partial charge is 0.338 e. The number of ether oxygens (including phenoxy) is 2. The number of hydrogen-bond donors (Lipinski definition) is 0. The Morgan fingerprint density at radius 2 is 1.73 bits per heavy atom. The van der Waals surface area contributed by atoms with Gasteiger partial charge in [-0.05, 0) is 38.0 Å². The van der Waals surface area contributed by atoms with Crippen molar-refractivity contribution in [1.29, 1.82) is 0 Å². The summed E-state index contributed by atoms with van der Waals surface area (Å²) in [6.07, 6.45) is 0. The Hall–Kier alpha value is -1.51. The number of hydrogen-bond acceptors (Lipinski definition) is 3. The summed E-state index contributed by atoms with van der Waals surface area (Å²) in [5.41, 5.74) is 3.48. The van der Waals surface area contributed by atoms with Crippen LogP contribution in [0.2, 0.25) is 0 Å². The molecule has 1 aromatic carbocycles. The third kappa shape index (κ3) is 1.96. The average Bonchev–Trinajstić information content (AvgIpc) is 2.23. The lowest BCUT2D eigenvalue weighted by molar-refractivity contribution is 0.0599. The van der Waals surface area contributed by atoms with Crippen molar-refractivity contribution in [2.24, 2.45) is 0 Å². The largest absolute Gasteiger partial charge is 0.496 e. The molecule has 0 heterocycles. The predicted molar refractivity (Wildman–Crippen MR) is 58.5 cm³/mol. The van der Waals surface area contributed by atoms with Crippen LogP contribution in [0.1, 0.15) is 27.0 Å². The molecule has 0 spiro atoms. The van der Waals surface area contributed by atoms with Gasteiger partial charge in [0.15, 0.2) is 0 Å². The van der Waals surface area contributed by atoms with Gasteiger partial charge in [-0.15, -0.1) is 0 Å². The van der Waals surface area contributed by atoms with E-state index in [4.69, 9.17) is 9.47 Å². The molecular weight excluding hydrogens is 192 g/mol. The first-order valence-electron chi connectivity index (χ1n) is 4.76. The van der Waals surface area contributed by atoms with E-state index in [0.717, 1.165) is 22.4 Å². The van der Waals surface area contributed by atoms with E-state index >= 15 is 0 Å². The standard InChI is InChI=1S/C12H16O3/c1-7-6-10(12(13)15-5)9(3)11(14-4)8(7)2/h6H,1-5H3. The van der Waals surface area contributed by atoms with Crippen LogP contribution >= 0.6 is 0 Å². The van der Waals surface area contributed by atoms with Gasteiger partial charge in [-0.25, -0.2) is 4.79 Å². The molecule has 0 aliphatic rings. The highest BCUT2D eigenvalue weighted by atomic mass is 16.5. The second-order valence-electron chi connectivity index (χ2n) is 3.52. The maximum absolute atomic E-state index is 11.5. The number of benzene rings is 1. The molecular formula is C12H16O3. The molecule has 15 heavy (non-hydrogen) atoms. The molecule has 0 aromatic heterocycles. The van der Waals surface area contributed by atoms with Crippen LogP contribution in [0.15, 0.2) is 6.07 Å². The maximum Gasteiger partial charge on any atom is 0.338 e. The summed E-state index contributed by atoms with van der Waals surface area (Å²) in [5, 5.41) is 0. The van der Waals surface area contributed by atoms with Gasteiger partial charge in [0.25, 0.3) is 0 Å². The van der Waals surface area contributed by atoms with Gasteiger partial charge in [-0.1, -0.05) is 0 Å². The van der Waals surface area contributed by atoms with Gasteiger partial charge in [-0.3, -0.25) is 0 Å². The average molecular weight is 208 g/mol. The minimum atomic E-state index is -0.325. The summed E-state index contributed by atoms with van der Waals surface area (Å²) in [4.78, 5) is 11.5. The van der Waals surface area contributed by atoms with E-state index in [9.17, 15) is 4.79 Å². The number of esters is 1. The molecule has 1 aromatic rings. The summed E-state index contributed by atoms with van der Waals surface area (Å²) in [6.45, 7) is 5.78. The van der Waals surface area contributed by atoms with E-state index in [1.165, 1.54) is 7.11 Å². The van der Waals surface area contributed by atoms with E-state index in [2.05, 4.69) is 0 Å². The van der Waals surface area contributed by atoms with Crippen molar-refractivity contribution in [3.8, 4) is 5.75 Å². The van der Waals surface area contributed by atoms with Crippen LogP contribution in [0.4, 0.5) is 0 Å². The number of methoxy groups -OCH3 is 2. The fraction of sp³-hybridized carbons (Fsp3) is 0.417. The van der Waals surface area contributed by atoms with Gasteiger partial charge >= 0.3 is 5.97 Å². The third-order valence-corrected chi connectivity index (χ3v) is 2.65. The molecule has 0 unspecified atom stereocenters. The normalized spacial score (nSPS) is 9.93. The molecule has 0 bridgehead atoms. The van der Waals surface area contributed by atoms with Crippen LogP contribution in [0.25, 0.3) is 0 Å². The molecule has 0 N–H and O–H groups in total. The topological polar surface area (TPSA) is 35.5 Å². The minimum absolute atomic E-state index is 0.325. The minimum Gasteiger partial charge on any atom is -0.496 e. The molecule has 0 saturated heterocycles. The zero-order valence-corrected chi connectivity index (χ0v) is 9.80. The molecule has 0 aliphatic heterocycles. The van der Waals surface area contributed by atoms with E-state index < -0.39 is 0 Å². The van der Waals surface area contributed by atoms with Crippen molar-refractivity contribution in [3.63, 3.8) is 0 Å². The van der Waals surface area contributed by atoms with Crippen LogP contribution in [0, 0.1) is 20.8 Å². The predicted octanol–water partition coefficient (Wildman–Crippen LogP) is 2.41. The van der Waals surface area contributed by atoms with Crippen LogP contribution in [-0.4, -0.2) is 20.2 Å². The summed E-state index contributed by atoms with van der Waals surface area (Å²) < 4.78 is 10.0. The lowest BCUT2D eigenvalue weighted by Gasteiger charge is -2.14. The zero-order valence-electron chi connectivity index (χ0n) is 9.80. The highest BCUT2D eigenvalue weighted by Gasteiger charge is 2.16. The van der Waals surface area contributed by atoms with Crippen LogP contribution in [-0.2, 0) is 4.74 Å². The second-order valence-corrected chi connectivity index (χ2v) is 3.52. The molecule has 3 nitrogen and oxygen atoms in total. The monoisotopic (exact) mass is 208 g/mol. The van der Waals surface area contributed by atoms with Gasteiger partial charge in [0.2, 0.25) is 0 Å². The van der Waals surface area contributed by atoms with Crippen LogP contribution in [0.5, 0.6) is 5.75 Å². The molecule has 82 valence electrons. The Balaban J connectivity index is 3.43. The summed E-state index contributed by atoms with van der Waals surface area (Å²) >= 11 is 0. The van der Waals surface area contributed by atoms with Crippen LogP contribution < -0.4 is 4.74 Å². The molecule has 1 rings (SSSR count). The number of carbonyl (C=O) groups excluding carboxylic acids is 1. The Labute approximate surface area is 90.0 Å². The number of carbonyl (C=O) groups is 1. The van der Waals surface area contributed by atoms with Crippen molar-refractivity contribution in [2.75, 3.05) is 14.2 Å². The Morgan fingerprint density at radius 3 is 2.20 bits per heavy atom. The van der Waals surface area contributed by atoms with Crippen LogP contribution in [0.3, 0.4) is 0 Å². The fourth-order valence-corrected chi connectivity index (χ4v) is 1.64. The molecule has 0 amide bonds. The molecule has 0 aliphatic carbocycles. The Morgan fingerprint density at radius 1 is 1.13 bits per heavy atom. The highest BCUT2D eigenvalue weighted by molar-refractivity contribution is 5.92. The van der Waals surface area contributed by atoms with Gasteiger partial charge in [0, 0.05) is 5.56 Å². The van der Waals surface area contributed by atoms with E-state index in [-0.39, 0.29) is 5.97 Å². The Bertz CT molecular complexity index is 394. The molecule has 0 radical (unpaired) electrons. The molecule has 0 atom stereocenters. The first kappa shape index (κ1) is 11.6. The first-order valence-corrected chi connectivity index (χ1v) is 4.76. The summed E-state index contributed by atoms with van der Waals surface area (Å²) in [5.74, 6) is 0.435. The van der Waals surface area contributed by atoms with Crippen molar-refractivity contribution in [3.05, 3.63) is 28.3 Å². The van der Waals surface area contributed by atoms with Crippen molar-refractivity contribution in [2.45, 2.75) is 20.8 Å². The molecule has 3 heteroatoms. The van der Waals surface area contributed by atoms with E-state index in [0.29, 0.717) is 5.56 Å². The van der Waals surface area contributed by atoms with Gasteiger partial charge < -0.3 is 9.47 Å². The Kier molecular flexibility index (Phi) is 3.35. The van der Waals surface area contributed by atoms with Gasteiger partial charge in [0.05, 0.1) is 19.8 Å². The van der Waals surface area contributed by atoms with E-state index in [1.807, 2.05) is 26.8 Å². The van der Waals surface area contributed by atoms with Gasteiger partial charge in [-0.2, -0.15) is 0 Å². The summed E-state index contributed by atoms with van der Waals surface area (Å²) in [6, 6.07) is 1.83. The first-order chi connectivity index (χ1) is 7.02. The summed E-state index contributed by atoms with van der Waals surface area (Å²) in [7, 11) is 2.99. The third-order valence-electron chi connectivity index (χ3n) is 2.65. The van der Waals surface area contributed by atoms with Crippen molar-refractivity contribution < 1.29 is 14.3 Å². The number of aryl methyl sites for hydroxylation is 1. The molecule has 0 saturated carbocycles.